The molecule has 3 fully saturated rings. The number of halogens is 1. The fraction of sp³-hybridized carbons (Fsp3) is 0.789. The van der Waals surface area contributed by atoms with Crippen LogP contribution >= 0.6 is 15.9 Å². The van der Waals surface area contributed by atoms with E-state index >= 15 is 0 Å². The number of carbonyl (C=O) groups is 2. The fourth-order valence-electron chi connectivity index (χ4n) is 6.49. The molecule has 0 saturated heterocycles. The Balaban J connectivity index is 1.71. The van der Waals surface area contributed by atoms with Crippen molar-refractivity contribution in [3.63, 3.8) is 0 Å². The van der Waals surface area contributed by atoms with E-state index in [2.05, 4.69) is 35.9 Å². The molecule has 0 aromatic heterocycles. The van der Waals surface area contributed by atoms with Crippen molar-refractivity contribution in [2.75, 3.05) is 7.05 Å². The minimum atomic E-state index is -0.126. The predicted octanol–water partition coefficient (Wildman–Crippen LogP) is 3.57. The van der Waals surface area contributed by atoms with Crippen LogP contribution in [0.3, 0.4) is 0 Å². The number of alkyl halides is 1. The van der Waals surface area contributed by atoms with Gasteiger partial charge >= 0.3 is 0 Å². The molecule has 4 rings (SSSR count). The first-order chi connectivity index (χ1) is 10.8. The molecule has 4 heteroatoms. The van der Waals surface area contributed by atoms with Crippen molar-refractivity contribution >= 4 is 27.6 Å². The highest BCUT2D eigenvalue weighted by Crippen LogP contribution is 2.63. The summed E-state index contributed by atoms with van der Waals surface area (Å²) < 4.78 is 0. The van der Waals surface area contributed by atoms with Gasteiger partial charge in [-0.3, -0.25) is 9.59 Å². The minimum Gasteiger partial charge on any atom is -0.338 e. The van der Waals surface area contributed by atoms with Crippen molar-refractivity contribution in [1.82, 2.24) is 4.90 Å². The number of ketones is 1. The number of fused-ring (bicyclic) bond motifs is 5. The Kier molecular flexibility index (Phi) is 3.40. The molecule has 0 N–H and O–H groups in total. The summed E-state index contributed by atoms with van der Waals surface area (Å²) in [6.07, 6.45) is 9.31. The van der Waals surface area contributed by atoms with Crippen LogP contribution in [0.1, 0.15) is 46.0 Å². The van der Waals surface area contributed by atoms with Gasteiger partial charge in [0, 0.05) is 23.9 Å². The lowest BCUT2D eigenvalue weighted by Crippen LogP contribution is -2.59. The zero-order valence-electron chi connectivity index (χ0n) is 14.2. The van der Waals surface area contributed by atoms with Gasteiger partial charge in [0.05, 0.1) is 4.83 Å². The highest BCUT2D eigenvalue weighted by molar-refractivity contribution is 9.10. The second-order valence-electron chi connectivity index (χ2n) is 8.64. The van der Waals surface area contributed by atoms with Gasteiger partial charge in [-0.1, -0.05) is 35.9 Å². The highest BCUT2D eigenvalue weighted by Gasteiger charge is 2.62. The van der Waals surface area contributed by atoms with E-state index in [1.165, 1.54) is 0 Å². The third-order valence-corrected chi connectivity index (χ3v) is 8.62. The molecule has 3 nitrogen and oxygen atoms in total. The van der Waals surface area contributed by atoms with Crippen LogP contribution in [0.2, 0.25) is 0 Å². The summed E-state index contributed by atoms with van der Waals surface area (Å²) in [5, 5.41) is 0. The molecule has 3 saturated carbocycles. The average Bonchev–Trinajstić information content (AvgIpc) is 2.75. The molecule has 0 aromatic carbocycles. The maximum atomic E-state index is 12.7. The van der Waals surface area contributed by atoms with Crippen LogP contribution < -0.4 is 0 Å². The molecular weight excluding hydrogens is 354 g/mol. The Hall–Kier alpha value is -0.640. The zero-order valence-corrected chi connectivity index (χ0v) is 15.8. The third-order valence-electron chi connectivity index (χ3n) is 7.83. The normalized spacial score (nSPS) is 52.2. The molecule has 3 aliphatic carbocycles. The number of hydrogen-bond acceptors (Lipinski definition) is 2. The number of hydrogen-bond donors (Lipinski definition) is 0. The molecule has 23 heavy (non-hydrogen) atoms. The molecule has 0 bridgehead atoms. The molecule has 4 aliphatic rings. The van der Waals surface area contributed by atoms with Crippen molar-refractivity contribution in [3.8, 4) is 0 Å². The van der Waals surface area contributed by atoms with Crippen molar-refractivity contribution in [2.24, 2.45) is 28.6 Å². The Bertz CT molecular complexity index is 602. The fourth-order valence-corrected chi connectivity index (χ4v) is 7.41. The summed E-state index contributed by atoms with van der Waals surface area (Å²) in [6.45, 7) is 4.55. The first kappa shape index (κ1) is 15.9. The first-order valence-corrected chi connectivity index (χ1v) is 9.85. The predicted molar refractivity (Wildman–Crippen MR) is 93.2 cm³/mol. The summed E-state index contributed by atoms with van der Waals surface area (Å²) in [6, 6.07) is 0.322. The Labute approximate surface area is 147 Å². The zero-order chi connectivity index (χ0) is 16.6. The molecule has 1 aliphatic heterocycles. The van der Waals surface area contributed by atoms with Crippen LogP contribution in [0, 0.1) is 28.6 Å². The van der Waals surface area contributed by atoms with E-state index in [-0.39, 0.29) is 21.6 Å². The van der Waals surface area contributed by atoms with E-state index in [1.807, 2.05) is 11.9 Å². The van der Waals surface area contributed by atoms with Crippen LogP contribution in [-0.4, -0.2) is 34.5 Å². The maximum Gasteiger partial charge on any atom is 0.246 e. The average molecular weight is 380 g/mol. The van der Waals surface area contributed by atoms with Crippen LogP contribution in [-0.2, 0) is 9.59 Å². The Morgan fingerprint density at radius 3 is 2.65 bits per heavy atom. The molecule has 0 aromatic rings. The second-order valence-corrected chi connectivity index (χ2v) is 9.75. The van der Waals surface area contributed by atoms with Gasteiger partial charge in [-0.15, -0.1) is 0 Å². The van der Waals surface area contributed by atoms with Gasteiger partial charge in [0.2, 0.25) is 5.91 Å². The van der Waals surface area contributed by atoms with Crippen molar-refractivity contribution < 1.29 is 9.59 Å². The summed E-state index contributed by atoms with van der Waals surface area (Å²) in [5.74, 6) is 2.29. The van der Waals surface area contributed by atoms with Crippen molar-refractivity contribution in [1.29, 1.82) is 0 Å². The Morgan fingerprint density at radius 1 is 1.17 bits per heavy atom. The van der Waals surface area contributed by atoms with Crippen molar-refractivity contribution in [3.05, 3.63) is 12.2 Å². The van der Waals surface area contributed by atoms with Gasteiger partial charge < -0.3 is 4.90 Å². The first-order valence-electron chi connectivity index (χ1n) is 8.93. The minimum absolute atomic E-state index is 0.0490. The monoisotopic (exact) mass is 379 g/mol. The van der Waals surface area contributed by atoms with E-state index in [1.54, 1.807) is 6.08 Å². The topological polar surface area (TPSA) is 37.4 Å². The number of nitrogens with zero attached hydrogens (tertiary/aromatic N) is 1. The Morgan fingerprint density at radius 2 is 1.91 bits per heavy atom. The van der Waals surface area contributed by atoms with Gasteiger partial charge in [0.1, 0.15) is 0 Å². The van der Waals surface area contributed by atoms with Gasteiger partial charge in [-0.05, 0) is 55.9 Å². The van der Waals surface area contributed by atoms with Gasteiger partial charge in [-0.25, -0.2) is 0 Å². The van der Waals surface area contributed by atoms with E-state index in [4.69, 9.17) is 0 Å². The number of amides is 1. The smallest absolute Gasteiger partial charge is 0.246 e. The quantitative estimate of drug-likeness (QED) is 0.603. The van der Waals surface area contributed by atoms with E-state index in [0.29, 0.717) is 29.6 Å². The standard InChI is InChI=1S/C19H26BrNO2/c1-18-9-7-16(22)21(3)15(18)5-4-11-12(18)6-8-19(2)13(11)10-14(20)17(19)23/h7,9,11-15H,4-6,8,10H2,1-3H3/t11-,12-,13+,14?,15?,18-,19+/m1/s1. The van der Waals surface area contributed by atoms with Gasteiger partial charge in [0.15, 0.2) is 5.78 Å². The lowest BCUT2D eigenvalue weighted by molar-refractivity contribution is -0.141. The second kappa shape index (κ2) is 4.93. The summed E-state index contributed by atoms with van der Waals surface area (Å²) in [4.78, 5) is 26.7. The van der Waals surface area contributed by atoms with Crippen LogP contribution in [0.4, 0.5) is 0 Å². The number of carbonyl (C=O) groups excluding carboxylic acids is 2. The van der Waals surface area contributed by atoms with Crippen molar-refractivity contribution in [2.45, 2.75) is 56.8 Å². The van der Waals surface area contributed by atoms with Crippen LogP contribution in [0.25, 0.3) is 0 Å². The highest BCUT2D eigenvalue weighted by atomic mass is 79.9. The van der Waals surface area contributed by atoms with E-state index in [9.17, 15) is 9.59 Å². The number of likely N-dealkylation sites (N-methyl/N-ethyl adjacent to an activating group) is 1. The summed E-state index contributed by atoms with van der Waals surface area (Å²) in [5.41, 5.74) is -0.0566. The SMILES string of the molecule is CN1C(=O)C=C[C@@]2(C)C1CC[C@@H]1[C@H]2CC[C@]2(C)C(=O)C(Br)C[C@@H]12. The van der Waals surface area contributed by atoms with Crippen LogP contribution in [0.5, 0.6) is 0 Å². The largest absolute Gasteiger partial charge is 0.338 e. The van der Waals surface area contributed by atoms with Gasteiger partial charge in [0.25, 0.3) is 0 Å². The number of Topliss-reactive ketones (excluding diaryl/α,β-unsaturated/α-hetero) is 1. The van der Waals surface area contributed by atoms with E-state index < -0.39 is 0 Å². The number of rotatable bonds is 0. The molecule has 1 amide bonds. The van der Waals surface area contributed by atoms with E-state index in [0.717, 1.165) is 32.1 Å². The molecule has 1 heterocycles. The molecule has 2 unspecified atom stereocenters. The molecule has 0 spiro atoms. The molecular formula is C19H26BrNO2. The summed E-state index contributed by atoms with van der Waals surface area (Å²) >= 11 is 3.63. The molecule has 126 valence electrons. The molecule has 0 radical (unpaired) electrons. The lowest BCUT2D eigenvalue weighted by Gasteiger charge is -2.59. The maximum absolute atomic E-state index is 12.7. The summed E-state index contributed by atoms with van der Waals surface area (Å²) in [7, 11) is 1.95. The third kappa shape index (κ3) is 1.93. The van der Waals surface area contributed by atoms with Gasteiger partial charge in [-0.2, -0.15) is 0 Å². The van der Waals surface area contributed by atoms with Crippen LogP contribution in [0.15, 0.2) is 12.2 Å². The lowest BCUT2D eigenvalue weighted by atomic mass is 9.48. The molecule has 7 atom stereocenters.